The van der Waals surface area contributed by atoms with Gasteiger partial charge in [0, 0.05) is 23.9 Å². The number of carbonyl (C=O) groups excluding carboxylic acids is 1. The van der Waals surface area contributed by atoms with E-state index in [0.29, 0.717) is 18.8 Å². The minimum Gasteiger partial charge on any atom is -0.478 e. The van der Waals surface area contributed by atoms with Crippen molar-refractivity contribution in [3.05, 3.63) is 58.7 Å². The van der Waals surface area contributed by atoms with Crippen molar-refractivity contribution in [1.29, 1.82) is 0 Å². The number of amides is 1. The summed E-state index contributed by atoms with van der Waals surface area (Å²) in [6.45, 7) is 8.18. The highest BCUT2D eigenvalue weighted by Gasteiger charge is 2.37. The molecule has 178 valence electrons. The number of aryl methyl sites for hydroxylation is 2. The summed E-state index contributed by atoms with van der Waals surface area (Å²) in [5.74, 6) is -0.0332. The normalized spacial score (nSPS) is 18.3. The van der Waals surface area contributed by atoms with Gasteiger partial charge in [0.2, 0.25) is 0 Å². The van der Waals surface area contributed by atoms with Gasteiger partial charge < -0.3 is 19.5 Å². The maximum absolute atomic E-state index is 12.3. The summed E-state index contributed by atoms with van der Waals surface area (Å²) in [6.07, 6.45) is 2.61. The van der Waals surface area contributed by atoms with E-state index in [9.17, 15) is 14.7 Å². The first-order valence-electron chi connectivity index (χ1n) is 11.0. The van der Waals surface area contributed by atoms with Crippen LogP contribution in [0.1, 0.15) is 42.0 Å². The van der Waals surface area contributed by atoms with Gasteiger partial charge in [0.15, 0.2) is 5.60 Å². The van der Waals surface area contributed by atoms with Crippen LogP contribution in [0.25, 0.3) is 0 Å². The molecule has 1 saturated heterocycles. The molecular weight excluding hydrogens is 438 g/mol. The first kappa shape index (κ1) is 25.0. The lowest BCUT2D eigenvalue weighted by atomic mass is 9.83. The van der Waals surface area contributed by atoms with Gasteiger partial charge in [-0.3, -0.25) is 0 Å². The molecule has 2 atom stereocenters. The SMILES string of the molecule is COC(=O)N1CC(Cc2ccc(SC)cc2)C(c2cc(C)c(OC(C)(C)C(=O)O)c(C)c2)C1. The molecule has 2 unspecified atom stereocenters. The van der Waals surface area contributed by atoms with Gasteiger partial charge in [0.25, 0.3) is 0 Å². The van der Waals surface area contributed by atoms with Crippen LogP contribution in [-0.2, 0) is 16.0 Å². The largest absolute Gasteiger partial charge is 0.478 e. The fraction of sp³-hybridized carbons (Fsp3) is 0.462. The van der Waals surface area contributed by atoms with Crippen molar-refractivity contribution < 1.29 is 24.2 Å². The number of carboxylic acid groups (broad SMARTS) is 1. The van der Waals surface area contributed by atoms with Crippen LogP contribution in [0, 0.1) is 19.8 Å². The highest BCUT2D eigenvalue weighted by Crippen LogP contribution is 2.39. The van der Waals surface area contributed by atoms with Crippen LogP contribution in [0.15, 0.2) is 41.3 Å². The van der Waals surface area contributed by atoms with Gasteiger partial charge in [-0.25, -0.2) is 9.59 Å². The minimum absolute atomic E-state index is 0.142. The number of carboxylic acids is 1. The number of methoxy groups -OCH3 is 1. The number of ether oxygens (including phenoxy) is 2. The molecule has 33 heavy (non-hydrogen) atoms. The Bertz CT molecular complexity index is 995. The summed E-state index contributed by atoms with van der Waals surface area (Å²) in [5, 5.41) is 9.45. The summed E-state index contributed by atoms with van der Waals surface area (Å²) < 4.78 is 10.9. The van der Waals surface area contributed by atoms with Gasteiger partial charge in [-0.2, -0.15) is 0 Å². The third-order valence-electron chi connectivity index (χ3n) is 6.31. The number of carbonyl (C=O) groups is 2. The topological polar surface area (TPSA) is 76.1 Å². The third kappa shape index (κ3) is 5.64. The second-order valence-electron chi connectivity index (χ2n) is 9.20. The summed E-state index contributed by atoms with van der Waals surface area (Å²) in [7, 11) is 1.41. The molecule has 2 aromatic carbocycles. The summed E-state index contributed by atoms with van der Waals surface area (Å²) in [5.41, 5.74) is 2.82. The fourth-order valence-electron chi connectivity index (χ4n) is 4.46. The van der Waals surface area contributed by atoms with Crippen LogP contribution in [0.4, 0.5) is 4.79 Å². The molecule has 0 spiro atoms. The Kier molecular flexibility index (Phi) is 7.62. The Morgan fingerprint density at radius 2 is 1.73 bits per heavy atom. The minimum atomic E-state index is -1.32. The molecule has 3 rings (SSSR count). The van der Waals surface area contributed by atoms with Crippen LogP contribution in [-0.4, -0.2) is 54.1 Å². The average molecular weight is 472 g/mol. The van der Waals surface area contributed by atoms with Crippen LogP contribution in [0.2, 0.25) is 0 Å². The quantitative estimate of drug-likeness (QED) is 0.553. The number of rotatable bonds is 7. The Balaban J connectivity index is 1.91. The molecule has 1 aliphatic rings. The van der Waals surface area contributed by atoms with Crippen molar-refractivity contribution in [2.45, 2.75) is 50.5 Å². The van der Waals surface area contributed by atoms with E-state index in [-0.39, 0.29) is 17.9 Å². The van der Waals surface area contributed by atoms with E-state index in [1.807, 2.05) is 13.8 Å². The van der Waals surface area contributed by atoms with Gasteiger partial charge in [-0.1, -0.05) is 24.3 Å². The van der Waals surface area contributed by atoms with Crippen LogP contribution in [0.3, 0.4) is 0 Å². The van der Waals surface area contributed by atoms with Gasteiger partial charge in [0.05, 0.1) is 7.11 Å². The monoisotopic (exact) mass is 471 g/mol. The number of hydrogen-bond acceptors (Lipinski definition) is 5. The van der Waals surface area contributed by atoms with E-state index in [0.717, 1.165) is 23.1 Å². The molecule has 0 bridgehead atoms. The highest BCUT2D eigenvalue weighted by molar-refractivity contribution is 7.98. The maximum Gasteiger partial charge on any atom is 0.409 e. The molecule has 6 nitrogen and oxygen atoms in total. The van der Waals surface area contributed by atoms with E-state index in [4.69, 9.17) is 9.47 Å². The maximum atomic E-state index is 12.3. The highest BCUT2D eigenvalue weighted by atomic mass is 32.2. The lowest BCUT2D eigenvalue weighted by Crippen LogP contribution is -2.38. The molecule has 1 heterocycles. The van der Waals surface area contributed by atoms with Crippen molar-refractivity contribution in [1.82, 2.24) is 4.90 Å². The molecule has 2 aromatic rings. The van der Waals surface area contributed by atoms with Crippen molar-refractivity contribution in [3.8, 4) is 5.75 Å². The molecule has 1 N–H and O–H groups in total. The average Bonchev–Trinajstić information content (AvgIpc) is 3.19. The first-order valence-corrected chi connectivity index (χ1v) is 12.3. The number of nitrogens with zero attached hydrogens (tertiary/aromatic N) is 1. The second-order valence-corrected chi connectivity index (χ2v) is 10.1. The van der Waals surface area contributed by atoms with Crippen molar-refractivity contribution in [2.24, 2.45) is 5.92 Å². The van der Waals surface area contributed by atoms with Crippen molar-refractivity contribution in [2.75, 3.05) is 26.5 Å². The van der Waals surface area contributed by atoms with E-state index in [1.54, 1.807) is 30.5 Å². The van der Waals surface area contributed by atoms with E-state index < -0.39 is 11.6 Å². The number of likely N-dealkylation sites (tertiary alicyclic amines) is 1. The number of thioether (sulfide) groups is 1. The summed E-state index contributed by atoms with van der Waals surface area (Å²) >= 11 is 1.72. The van der Waals surface area contributed by atoms with E-state index in [2.05, 4.69) is 42.7 Å². The molecule has 0 saturated carbocycles. The summed E-state index contributed by atoms with van der Waals surface area (Å²) in [6, 6.07) is 12.7. The standard InChI is InChI=1S/C26H33NO5S/c1-16-11-19(12-17(2)23(16)32-26(3,4)24(28)29)22-15-27(25(30)31-5)14-20(22)13-18-7-9-21(33-6)10-8-18/h7-12,20,22H,13-15H2,1-6H3,(H,28,29). The molecule has 1 amide bonds. The number of benzene rings is 2. The number of aliphatic carboxylic acids is 1. The zero-order chi connectivity index (χ0) is 24.3. The van der Waals surface area contributed by atoms with Crippen LogP contribution >= 0.6 is 11.8 Å². The van der Waals surface area contributed by atoms with Gasteiger partial charge >= 0.3 is 12.1 Å². The molecule has 0 aliphatic carbocycles. The molecule has 1 aliphatic heterocycles. The Labute approximate surface area is 200 Å². The smallest absolute Gasteiger partial charge is 0.409 e. The van der Waals surface area contributed by atoms with Crippen LogP contribution < -0.4 is 4.74 Å². The molecule has 1 fully saturated rings. The first-order chi connectivity index (χ1) is 15.6. The summed E-state index contributed by atoms with van der Waals surface area (Å²) in [4.78, 5) is 26.8. The number of hydrogen-bond donors (Lipinski definition) is 1. The van der Waals surface area contributed by atoms with E-state index in [1.165, 1.54) is 17.6 Å². The van der Waals surface area contributed by atoms with Crippen LogP contribution in [0.5, 0.6) is 5.75 Å². The van der Waals surface area contributed by atoms with E-state index >= 15 is 0 Å². The Morgan fingerprint density at radius 3 is 2.24 bits per heavy atom. The lowest BCUT2D eigenvalue weighted by Gasteiger charge is -2.26. The zero-order valence-electron chi connectivity index (χ0n) is 20.2. The van der Waals surface area contributed by atoms with Gasteiger partial charge in [-0.05, 0) is 80.7 Å². The molecule has 0 radical (unpaired) electrons. The second kappa shape index (κ2) is 10.1. The van der Waals surface area contributed by atoms with Gasteiger partial charge in [0.1, 0.15) is 5.75 Å². The molecule has 0 aromatic heterocycles. The lowest BCUT2D eigenvalue weighted by molar-refractivity contribution is -0.152. The predicted molar refractivity (Wildman–Crippen MR) is 130 cm³/mol. The molecule has 7 heteroatoms. The van der Waals surface area contributed by atoms with Crippen molar-refractivity contribution in [3.63, 3.8) is 0 Å². The Morgan fingerprint density at radius 1 is 1.12 bits per heavy atom. The van der Waals surface area contributed by atoms with Gasteiger partial charge in [-0.15, -0.1) is 11.8 Å². The molecular formula is C26H33NO5S. The zero-order valence-corrected chi connectivity index (χ0v) is 21.0. The third-order valence-corrected chi connectivity index (χ3v) is 7.06. The predicted octanol–water partition coefficient (Wildman–Crippen LogP) is 5.29. The Hall–Kier alpha value is -2.67. The van der Waals surface area contributed by atoms with Crippen molar-refractivity contribution >= 4 is 23.8 Å². The fourth-order valence-corrected chi connectivity index (χ4v) is 4.86.